The Morgan fingerprint density at radius 2 is 1.83 bits per heavy atom. The normalized spacial score (nSPS) is 10.8. The molecule has 2 aromatic carbocycles. The van der Waals surface area contributed by atoms with Gasteiger partial charge in [0.05, 0.1) is 11.0 Å². The first-order valence-electron chi connectivity index (χ1n) is 7.73. The largest absolute Gasteiger partial charge is 0.508 e. The molecule has 4 heteroatoms. The van der Waals surface area contributed by atoms with Crippen molar-refractivity contribution in [3.05, 3.63) is 71.1 Å². The highest BCUT2D eigenvalue weighted by Crippen LogP contribution is 2.32. The number of phenols is 1. The number of benzene rings is 2. The summed E-state index contributed by atoms with van der Waals surface area (Å²) in [5, 5.41) is 9.53. The first kappa shape index (κ1) is 16.3. The Kier molecular flexibility index (Phi) is 4.67. The van der Waals surface area contributed by atoms with Crippen LogP contribution in [0.5, 0.6) is 11.5 Å². The van der Waals surface area contributed by atoms with Crippen molar-refractivity contribution < 1.29 is 14.6 Å². The number of ketones is 1. The highest BCUT2D eigenvalue weighted by molar-refractivity contribution is 7.17. The van der Waals surface area contributed by atoms with Crippen molar-refractivity contribution >= 4 is 17.1 Å². The van der Waals surface area contributed by atoms with E-state index in [1.165, 1.54) is 17.4 Å². The third kappa shape index (κ3) is 3.66. The minimum absolute atomic E-state index is 0.0864. The van der Waals surface area contributed by atoms with Crippen LogP contribution in [0, 0.1) is 0 Å². The Bertz CT molecular complexity index is 865. The summed E-state index contributed by atoms with van der Waals surface area (Å²) >= 11 is 1.44. The van der Waals surface area contributed by atoms with Crippen molar-refractivity contribution in [3.63, 3.8) is 0 Å². The summed E-state index contributed by atoms with van der Waals surface area (Å²) in [7, 11) is 0. The summed E-state index contributed by atoms with van der Waals surface area (Å²) < 4.78 is 5.72. The molecule has 0 aliphatic rings. The van der Waals surface area contributed by atoms with Crippen LogP contribution in [0.1, 0.15) is 29.1 Å². The van der Waals surface area contributed by atoms with Gasteiger partial charge in [-0.2, -0.15) is 0 Å². The molecule has 1 N–H and O–H groups in total. The minimum atomic E-state index is -0.0864. The fraction of sp³-hybridized carbons (Fsp3) is 0.150. The van der Waals surface area contributed by atoms with Crippen LogP contribution in [0.2, 0.25) is 0 Å². The van der Waals surface area contributed by atoms with Crippen LogP contribution in [-0.4, -0.2) is 17.0 Å². The van der Waals surface area contributed by atoms with Crippen LogP contribution in [0.3, 0.4) is 0 Å². The molecule has 3 aromatic rings. The van der Waals surface area contributed by atoms with Gasteiger partial charge in [-0.25, -0.2) is 0 Å². The van der Waals surface area contributed by atoms with E-state index in [2.05, 4.69) is 0 Å². The summed E-state index contributed by atoms with van der Waals surface area (Å²) in [4.78, 5) is 14.2. The van der Waals surface area contributed by atoms with E-state index >= 15 is 0 Å². The van der Waals surface area contributed by atoms with E-state index < -0.39 is 0 Å². The molecule has 3 nitrogen and oxygen atoms in total. The molecule has 0 saturated carbocycles. The standard InChI is InChI=1S/C20H18O3S/c1-13(2)23-17-8-4-5-14(12-17)18-9-10-19(24-18)20(22)15-6-3-7-16(21)11-15/h3-13,21H,1-2H3. The van der Waals surface area contributed by atoms with Crippen molar-refractivity contribution in [3.8, 4) is 21.9 Å². The predicted octanol–water partition coefficient (Wildman–Crippen LogP) is 5.14. The van der Waals surface area contributed by atoms with Crippen LogP contribution < -0.4 is 4.74 Å². The first-order chi connectivity index (χ1) is 11.5. The van der Waals surface area contributed by atoms with Crippen LogP contribution in [0.15, 0.2) is 60.7 Å². The molecule has 0 radical (unpaired) electrons. The molecule has 0 amide bonds. The third-order valence-electron chi connectivity index (χ3n) is 3.43. The first-order valence-corrected chi connectivity index (χ1v) is 8.55. The second-order valence-electron chi connectivity index (χ2n) is 5.74. The van der Waals surface area contributed by atoms with Gasteiger partial charge in [0.2, 0.25) is 5.78 Å². The predicted molar refractivity (Wildman–Crippen MR) is 97.1 cm³/mol. The zero-order chi connectivity index (χ0) is 17.1. The summed E-state index contributed by atoms with van der Waals surface area (Å²) in [6, 6.07) is 18.0. The van der Waals surface area contributed by atoms with Crippen molar-refractivity contribution in [2.75, 3.05) is 0 Å². The molecule has 0 aliphatic heterocycles. The topological polar surface area (TPSA) is 46.5 Å². The molecule has 0 fully saturated rings. The van der Waals surface area contributed by atoms with E-state index in [0.29, 0.717) is 10.4 Å². The zero-order valence-corrected chi connectivity index (χ0v) is 14.3. The molecule has 0 unspecified atom stereocenters. The van der Waals surface area contributed by atoms with Crippen molar-refractivity contribution in [2.24, 2.45) is 0 Å². The summed E-state index contributed by atoms with van der Waals surface area (Å²) in [5.41, 5.74) is 1.51. The van der Waals surface area contributed by atoms with Crippen molar-refractivity contribution in [1.29, 1.82) is 0 Å². The second kappa shape index (κ2) is 6.89. The number of hydrogen-bond donors (Lipinski definition) is 1. The Morgan fingerprint density at radius 3 is 2.58 bits per heavy atom. The molecule has 0 saturated heterocycles. The number of ether oxygens (including phenoxy) is 1. The maximum atomic E-state index is 12.5. The smallest absolute Gasteiger partial charge is 0.203 e. The Hall–Kier alpha value is -2.59. The van der Waals surface area contributed by atoms with Gasteiger partial charge in [-0.1, -0.05) is 24.3 Å². The lowest BCUT2D eigenvalue weighted by molar-refractivity contribution is 0.104. The van der Waals surface area contributed by atoms with Gasteiger partial charge in [0.1, 0.15) is 11.5 Å². The highest BCUT2D eigenvalue weighted by Gasteiger charge is 2.13. The Labute approximate surface area is 145 Å². The molecular weight excluding hydrogens is 320 g/mol. The zero-order valence-electron chi connectivity index (χ0n) is 13.5. The van der Waals surface area contributed by atoms with Gasteiger partial charge >= 0.3 is 0 Å². The third-order valence-corrected chi connectivity index (χ3v) is 4.56. The lowest BCUT2D eigenvalue weighted by Gasteiger charge is -2.10. The fourth-order valence-electron chi connectivity index (χ4n) is 2.40. The van der Waals surface area contributed by atoms with Gasteiger partial charge in [-0.05, 0) is 55.8 Å². The van der Waals surface area contributed by atoms with Gasteiger partial charge in [0.15, 0.2) is 0 Å². The summed E-state index contributed by atoms with van der Waals surface area (Å²) in [6.07, 6.45) is 0.117. The van der Waals surface area contributed by atoms with Crippen molar-refractivity contribution in [1.82, 2.24) is 0 Å². The van der Waals surface area contributed by atoms with Gasteiger partial charge in [0.25, 0.3) is 0 Å². The molecule has 0 atom stereocenters. The van der Waals surface area contributed by atoms with Crippen LogP contribution in [0.25, 0.3) is 10.4 Å². The SMILES string of the molecule is CC(C)Oc1cccc(-c2ccc(C(=O)c3cccc(O)c3)s2)c1. The number of phenolic OH excluding ortho intramolecular Hbond substituents is 1. The van der Waals surface area contributed by atoms with Crippen LogP contribution in [-0.2, 0) is 0 Å². The second-order valence-corrected chi connectivity index (χ2v) is 6.82. The molecule has 0 spiro atoms. The number of hydrogen-bond acceptors (Lipinski definition) is 4. The maximum Gasteiger partial charge on any atom is 0.203 e. The van der Waals surface area contributed by atoms with Crippen molar-refractivity contribution in [2.45, 2.75) is 20.0 Å². The monoisotopic (exact) mass is 338 g/mol. The molecule has 0 bridgehead atoms. The van der Waals surface area contributed by atoms with E-state index in [1.807, 2.05) is 50.2 Å². The number of aromatic hydroxyl groups is 1. The van der Waals surface area contributed by atoms with Crippen LogP contribution in [0.4, 0.5) is 0 Å². The molecular formula is C20H18O3S. The number of thiophene rings is 1. The number of rotatable bonds is 5. The summed E-state index contributed by atoms with van der Waals surface area (Å²) in [5.74, 6) is 0.824. The Morgan fingerprint density at radius 1 is 1.04 bits per heavy atom. The van der Waals surface area contributed by atoms with Gasteiger partial charge in [-0.15, -0.1) is 11.3 Å². The van der Waals surface area contributed by atoms with E-state index in [4.69, 9.17) is 4.74 Å². The fourth-order valence-corrected chi connectivity index (χ4v) is 3.36. The number of carbonyl (C=O) groups is 1. The van der Waals surface area contributed by atoms with Gasteiger partial charge in [-0.3, -0.25) is 4.79 Å². The number of carbonyl (C=O) groups excluding carboxylic acids is 1. The molecule has 24 heavy (non-hydrogen) atoms. The maximum absolute atomic E-state index is 12.5. The molecule has 0 aliphatic carbocycles. The minimum Gasteiger partial charge on any atom is -0.508 e. The summed E-state index contributed by atoms with van der Waals surface area (Å²) in [6.45, 7) is 3.98. The lowest BCUT2D eigenvalue weighted by atomic mass is 10.1. The van der Waals surface area contributed by atoms with E-state index in [9.17, 15) is 9.90 Å². The van der Waals surface area contributed by atoms with E-state index in [-0.39, 0.29) is 17.6 Å². The van der Waals surface area contributed by atoms with E-state index in [0.717, 1.165) is 16.2 Å². The van der Waals surface area contributed by atoms with E-state index in [1.54, 1.807) is 18.2 Å². The lowest BCUT2D eigenvalue weighted by Crippen LogP contribution is -2.05. The quantitative estimate of drug-likeness (QED) is 0.655. The molecule has 3 rings (SSSR count). The van der Waals surface area contributed by atoms with Crippen LogP contribution >= 0.6 is 11.3 Å². The van der Waals surface area contributed by atoms with Gasteiger partial charge < -0.3 is 9.84 Å². The molecule has 1 heterocycles. The Balaban J connectivity index is 1.87. The average molecular weight is 338 g/mol. The average Bonchev–Trinajstić information content (AvgIpc) is 3.04. The molecule has 1 aromatic heterocycles. The molecule has 122 valence electrons. The van der Waals surface area contributed by atoms with Gasteiger partial charge in [0, 0.05) is 10.4 Å². The highest BCUT2D eigenvalue weighted by atomic mass is 32.1.